The Balaban J connectivity index is 2.02. The Morgan fingerprint density at radius 2 is 2.21 bits per heavy atom. The van der Waals surface area contributed by atoms with Crippen molar-refractivity contribution in [1.82, 2.24) is 10.6 Å². The molecular formula is C14H19N3O2. The quantitative estimate of drug-likeness (QED) is 0.759. The van der Waals surface area contributed by atoms with Gasteiger partial charge in [-0.2, -0.15) is 0 Å². The summed E-state index contributed by atoms with van der Waals surface area (Å²) in [7, 11) is 1.58. The maximum atomic E-state index is 12.1. The van der Waals surface area contributed by atoms with Gasteiger partial charge in [0, 0.05) is 24.8 Å². The van der Waals surface area contributed by atoms with Crippen LogP contribution in [0.3, 0.4) is 0 Å². The van der Waals surface area contributed by atoms with Gasteiger partial charge in [0.2, 0.25) is 5.91 Å². The highest BCUT2D eigenvalue weighted by molar-refractivity contribution is 5.97. The molecule has 1 heterocycles. The fourth-order valence-corrected chi connectivity index (χ4v) is 2.20. The van der Waals surface area contributed by atoms with E-state index in [-0.39, 0.29) is 17.7 Å². The smallest absolute Gasteiger partial charge is 0.251 e. The molecule has 1 aliphatic rings. The average molecular weight is 261 g/mol. The predicted molar refractivity (Wildman–Crippen MR) is 74.1 cm³/mol. The van der Waals surface area contributed by atoms with Gasteiger partial charge in [-0.3, -0.25) is 9.59 Å². The number of carbonyl (C=O) groups is 2. The van der Waals surface area contributed by atoms with Crippen LogP contribution in [-0.2, 0) is 4.79 Å². The first-order valence-corrected chi connectivity index (χ1v) is 6.54. The van der Waals surface area contributed by atoms with Gasteiger partial charge in [0.25, 0.3) is 5.91 Å². The second kappa shape index (κ2) is 6.33. The number of benzene rings is 1. The summed E-state index contributed by atoms with van der Waals surface area (Å²) in [5.41, 5.74) is 1.21. The Hall–Kier alpha value is -1.88. The Labute approximate surface area is 112 Å². The Bertz CT molecular complexity index is 468. The molecule has 2 rings (SSSR count). The largest absolute Gasteiger partial charge is 0.355 e. The molecule has 0 aliphatic carbocycles. The summed E-state index contributed by atoms with van der Waals surface area (Å²) in [6, 6.07) is 6.96. The molecule has 5 nitrogen and oxygen atoms in total. The van der Waals surface area contributed by atoms with Gasteiger partial charge in [-0.05, 0) is 37.6 Å². The van der Waals surface area contributed by atoms with Crippen molar-refractivity contribution >= 4 is 17.5 Å². The molecule has 1 aromatic carbocycles. The summed E-state index contributed by atoms with van der Waals surface area (Å²) in [5.74, 6) is -0.130. The molecule has 0 aromatic heterocycles. The fourth-order valence-electron chi connectivity index (χ4n) is 2.20. The highest BCUT2D eigenvalue weighted by Crippen LogP contribution is 2.15. The maximum Gasteiger partial charge on any atom is 0.251 e. The number of piperidine rings is 1. The van der Waals surface area contributed by atoms with E-state index in [0.29, 0.717) is 11.3 Å². The summed E-state index contributed by atoms with van der Waals surface area (Å²) < 4.78 is 0. The number of amides is 2. The molecule has 1 atom stereocenters. The van der Waals surface area contributed by atoms with Crippen LogP contribution in [0.1, 0.15) is 23.2 Å². The third-order valence-electron chi connectivity index (χ3n) is 3.29. The number of nitrogens with one attached hydrogen (secondary N) is 3. The minimum Gasteiger partial charge on any atom is -0.355 e. The van der Waals surface area contributed by atoms with Gasteiger partial charge in [0.15, 0.2) is 0 Å². The standard InChI is InChI=1S/C14H19N3O2/c1-15-13(18)10-4-2-6-12(8-10)17-14(19)11-5-3-7-16-9-11/h2,4,6,8,11,16H,3,5,7,9H2,1H3,(H,15,18)(H,17,19)/t11-/m1/s1. The Kier molecular flexibility index (Phi) is 4.52. The monoisotopic (exact) mass is 261 g/mol. The van der Waals surface area contributed by atoms with E-state index < -0.39 is 0 Å². The number of hydrogen-bond acceptors (Lipinski definition) is 3. The van der Waals surface area contributed by atoms with Gasteiger partial charge < -0.3 is 16.0 Å². The van der Waals surface area contributed by atoms with Crippen LogP contribution >= 0.6 is 0 Å². The van der Waals surface area contributed by atoms with Crippen LogP contribution in [0.25, 0.3) is 0 Å². The molecular weight excluding hydrogens is 242 g/mol. The van der Waals surface area contributed by atoms with Crippen molar-refractivity contribution in [1.29, 1.82) is 0 Å². The van der Waals surface area contributed by atoms with Gasteiger partial charge in [-0.15, -0.1) is 0 Å². The third-order valence-corrected chi connectivity index (χ3v) is 3.29. The van der Waals surface area contributed by atoms with Crippen LogP contribution < -0.4 is 16.0 Å². The molecule has 1 aromatic rings. The van der Waals surface area contributed by atoms with Crippen molar-refractivity contribution in [3.8, 4) is 0 Å². The number of carbonyl (C=O) groups excluding carboxylic acids is 2. The second-order valence-corrected chi connectivity index (χ2v) is 4.69. The minimum absolute atomic E-state index is 0.0115. The normalized spacial score (nSPS) is 18.7. The zero-order valence-electron chi connectivity index (χ0n) is 11.0. The number of anilines is 1. The van der Waals surface area contributed by atoms with Crippen LogP contribution in [0.4, 0.5) is 5.69 Å². The van der Waals surface area contributed by atoms with E-state index >= 15 is 0 Å². The van der Waals surface area contributed by atoms with Crippen LogP contribution in [0.15, 0.2) is 24.3 Å². The van der Waals surface area contributed by atoms with Gasteiger partial charge in [-0.25, -0.2) is 0 Å². The lowest BCUT2D eigenvalue weighted by Crippen LogP contribution is -2.37. The molecule has 1 fully saturated rings. The van der Waals surface area contributed by atoms with Crippen molar-refractivity contribution in [2.24, 2.45) is 5.92 Å². The van der Waals surface area contributed by atoms with E-state index in [1.807, 2.05) is 0 Å². The lowest BCUT2D eigenvalue weighted by molar-refractivity contribution is -0.120. The first-order valence-electron chi connectivity index (χ1n) is 6.54. The molecule has 0 spiro atoms. The van der Waals surface area contributed by atoms with Crippen molar-refractivity contribution in [3.63, 3.8) is 0 Å². The molecule has 2 amide bonds. The molecule has 1 saturated heterocycles. The Morgan fingerprint density at radius 3 is 2.89 bits per heavy atom. The second-order valence-electron chi connectivity index (χ2n) is 4.69. The first-order chi connectivity index (χ1) is 9.20. The van der Waals surface area contributed by atoms with Gasteiger partial charge in [0.05, 0.1) is 5.92 Å². The highest BCUT2D eigenvalue weighted by atomic mass is 16.2. The topological polar surface area (TPSA) is 70.2 Å². The lowest BCUT2D eigenvalue weighted by Gasteiger charge is -2.21. The van der Waals surface area contributed by atoms with Crippen LogP contribution in [-0.4, -0.2) is 32.0 Å². The van der Waals surface area contributed by atoms with Crippen LogP contribution in [0.5, 0.6) is 0 Å². The molecule has 1 aliphatic heterocycles. The third kappa shape index (κ3) is 3.54. The molecule has 102 valence electrons. The molecule has 0 bridgehead atoms. The molecule has 0 radical (unpaired) electrons. The minimum atomic E-state index is -0.157. The molecule has 3 N–H and O–H groups in total. The predicted octanol–water partition coefficient (Wildman–Crippen LogP) is 0.984. The van der Waals surface area contributed by atoms with E-state index in [4.69, 9.17) is 0 Å². The zero-order chi connectivity index (χ0) is 13.7. The average Bonchev–Trinajstić information content (AvgIpc) is 2.47. The number of hydrogen-bond donors (Lipinski definition) is 3. The fraction of sp³-hybridized carbons (Fsp3) is 0.429. The van der Waals surface area contributed by atoms with Crippen molar-refractivity contribution in [2.75, 3.05) is 25.5 Å². The van der Waals surface area contributed by atoms with Crippen LogP contribution in [0.2, 0.25) is 0 Å². The maximum absolute atomic E-state index is 12.1. The summed E-state index contributed by atoms with van der Waals surface area (Å²) in [4.78, 5) is 23.6. The summed E-state index contributed by atoms with van der Waals surface area (Å²) in [5, 5.41) is 8.65. The SMILES string of the molecule is CNC(=O)c1cccc(NC(=O)[C@@H]2CCCNC2)c1. The molecule has 0 unspecified atom stereocenters. The summed E-state index contributed by atoms with van der Waals surface area (Å²) >= 11 is 0. The van der Waals surface area contributed by atoms with E-state index in [0.717, 1.165) is 25.9 Å². The molecule has 5 heteroatoms. The van der Waals surface area contributed by atoms with E-state index in [9.17, 15) is 9.59 Å². The van der Waals surface area contributed by atoms with E-state index in [1.54, 1.807) is 31.3 Å². The Morgan fingerprint density at radius 1 is 1.37 bits per heavy atom. The van der Waals surface area contributed by atoms with Gasteiger partial charge in [-0.1, -0.05) is 6.07 Å². The zero-order valence-corrected chi connectivity index (χ0v) is 11.0. The van der Waals surface area contributed by atoms with Crippen molar-refractivity contribution < 1.29 is 9.59 Å². The number of rotatable bonds is 3. The first kappa shape index (κ1) is 13.5. The van der Waals surface area contributed by atoms with Gasteiger partial charge >= 0.3 is 0 Å². The van der Waals surface area contributed by atoms with Crippen molar-refractivity contribution in [2.45, 2.75) is 12.8 Å². The van der Waals surface area contributed by atoms with Crippen molar-refractivity contribution in [3.05, 3.63) is 29.8 Å². The summed E-state index contributed by atoms with van der Waals surface area (Å²) in [6.07, 6.45) is 1.93. The summed E-state index contributed by atoms with van der Waals surface area (Å²) in [6.45, 7) is 1.71. The highest BCUT2D eigenvalue weighted by Gasteiger charge is 2.20. The van der Waals surface area contributed by atoms with E-state index in [2.05, 4.69) is 16.0 Å². The van der Waals surface area contributed by atoms with Gasteiger partial charge in [0.1, 0.15) is 0 Å². The molecule has 0 saturated carbocycles. The van der Waals surface area contributed by atoms with E-state index in [1.165, 1.54) is 0 Å². The molecule has 19 heavy (non-hydrogen) atoms. The van der Waals surface area contributed by atoms with Crippen LogP contribution in [0, 0.1) is 5.92 Å². The lowest BCUT2D eigenvalue weighted by atomic mass is 9.99.